The number of imidazole rings is 1. The summed E-state index contributed by atoms with van der Waals surface area (Å²) >= 11 is 0. The van der Waals surface area contributed by atoms with E-state index in [1.807, 2.05) is 6.92 Å². The predicted octanol–water partition coefficient (Wildman–Crippen LogP) is 2.54. The summed E-state index contributed by atoms with van der Waals surface area (Å²) in [4.78, 5) is 26.3. The van der Waals surface area contributed by atoms with Gasteiger partial charge in [0.2, 0.25) is 0 Å². The van der Waals surface area contributed by atoms with Crippen LogP contribution in [0.25, 0.3) is 11.2 Å². The molecule has 1 atom stereocenters. The Balaban J connectivity index is 1.67. The van der Waals surface area contributed by atoms with E-state index in [9.17, 15) is 4.79 Å². The van der Waals surface area contributed by atoms with Crippen LogP contribution in [-0.2, 0) is 6.54 Å². The topological polar surface area (TPSA) is 102 Å². The zero-order chi connectivity index (χ0) is 19.2. The molecule has 150 valence electrons. The molecular weight excluding hydrogens is 344 g/mol. The number of likely N-dealkylation sites (tertiary alicyclic amines) is 1. The number of hydrogen-bond donors (Lipinski definition) is 2. The number of nitrogen functional groups attached to an aromatic ring is 1. The number of nitrogens with zero attached hydrogens (tertiary/aromatic N) is 4. The number of nitrogens with one attached hydrogen (secondary N) is 1. The molecule has 1 unspecified atom stereocenters. The molecule has 0 spiro atoms. The number of hydrogen-bond acceptors (Lipinski definition) is 6. The lowest BCUT2D eigenvalue weighted by Crippen LogP contribution is -2.30. The molecule has 1 saturated heterocycles. The first kappa shape index (κ1) is 19.7. The summed E-state index contributed by atoms with van der Waals surface area (Å²) in [7, 11) is 0. The third-order valence-electron chi connectivity index (χ3n) is 5.19. The lowest BCUT2D eigenvalue weighted by molar-refractivity contribution is 0.193. The maximum atomic E-state index is 12.4. The van der Waals surface area contributed by atoms with E-state index in [4.69, 9.17) is 10.5 Å². The van der Waals surface area contributed by atoms with Crippen molar-refractivity contribution >= 4 is 17.0 Å². The van der Waals surface area contributed by atoms with Gasteiger partial charge in [0.25, 0.3) is 0 Å². The summed E-state index contributed by atoms with van der Waals surface area (Å²) in [5.74, 6) is 0.253. The van der Waals surface area contributed by atoms with Gasteiger partial charge in [-0.2, -0.15) is 9.97 Å². The van der Waals surface area contributed by atoms with Gasteiger partial charge in [0.05, 0.1) is 6.10 Å². The highest BCUT2D eigenvalue weighted by Gasteiger charge is 2.16. The Kier molecular flexibility index (Phi) is 6.71. The first-order valence-electron chi connectivity index (χ1n) is 10.2. The Morgan fingerprint density at radius 1 is 1.19 bits per heavy atom. The number of ether oxygens (including phenoxy) is 1. The van der Waals surface area contributed by atoms with Crippen molar-refractivity contribution in [1.82, 2.24) is 24.4 Å². The fraction of sp³-hybridized carbons (Fsp3) is 0.737. The van der Waals surface area contributed by atoms with Crippen LogP contribution in [0.4, 0.5) is 5.82 Å². The van der Waals surface area contributed by atoms with Crippen LogP contribution in [0.1, 0.15) is 58.8 Å². The quantitative estimate of drug-likeness (QED) is 0.652. The lowest BCUT2D eigenvalue weighted by Gasteiger charge is -2.26. The second kappa shape index (κ2) is 9.21. The van der Waals surface area contributed by atoms with E-state index in [0.29, 0.717) is 17.7 Å². The van der Waals surface area contributed by atoms with Crippen molar-refractivity contribution in [3.8, 4) is 6.01 Å². The molecule has 0 radical (unpaired) electrons. The number of H-pyrrole nitrogens is 1. The number of anilines is 1. The number of fused-ring (bicyclic) bond motifs is 1. The summed E-state index contributed by atoms with van der Waals surface area (Å²) < 4.78 is 7.43. The van der Waals surface area contributed by atoms with Gasteiger partial charge in [0.15, 0.2) is 11.5 Å². The molecule has 3 N–H and O–H groups in total. The summed E-state index contributed by atoms with van der Waals surface area (Å²) in [5, 5.41) is 0. The van der Waals surface area contributed by atoms with Gasteiger partial charge < -0.3 is 20.4 Å². The van der Waals surface area contributed by atoms with Gasteiger partial charge in [-0.25, -0.2) is 4.79 Å². The van der Waals surface area contributed by atoms with E-state index in [2.05, 4.69) is 26.8 Å². The van der Waals surface area contributed by atoms with Crippen molar-refractivity contribution in [2.75, 3.05) is 25.4 Å². The third-order valence-corrected chi connectivity index (χ3v) is 5.19. The predicted molar refractivity (Wildman–Crippen MR) is 107 cm³/mol. The lowest BCUT2D eigenvalue weighted by atomic mass is 10.1. The van der Waals surface area contributed by atoms with Gasteiger partial charge in [-0.1, -0.05) is 19.8 Å². The van der Waals surface area contributed by atoms with Crippen molar-refractivity contribution < 1.29 is 4.74 Å². The van der Waals surface area contributed by atoms with E-state index in [1.165, 1.54) is 32.4 Å². The molecule has 3 heterocycles. The molecule has 1 aliphatic heterocycles. The van der Waals surface area contributed by atoms with Gasteiger partial charge in [0.1, 0.15) is 5.52 Å². The number of aromatic nitrogens is 4. The molecule has 1 aliphatic rings. The minimum absolute atomic E-state index is 0.00973. The Morgan fingerprint density at radius 2 is 1.93 bits per heavy atom. The van der Waals surface area contributed by atoms with Crippen molar-refractivity contribution in [2.45, 2.75) is 71.4 Å². The van der Waals surface area contributed by atoms with Crippen LogP contribution in [0, 0.1) is 0 Å². The molecule has 0 saturated carbocycles. The number of aromatic amines is 1. The highest BCUT2D eigenvalue weighted by Crippen LogP contribution is 2.19. The SMILES string of the molecule is CCCC(C)Oc1nc(N)c2[nH]c(=O)n(CCCCN3CCCCC3)c2n1. The number of rotatable bonds is 9. The van der Waals surface area contributed by atoms with Crippen molar-refractivity contribution in [3.05, 3.63) is 10.5 Å². The summed E-state index contributed by atoms with van der Waals surface area (Å²) in [6.07, 6.45) is 7.89. The summed E-state index contributed by atoms with van der Waals surface area (Å²) in [6.45, 7) is 8.20. The Bertz CT molecular complexity index is 793. The first-order chi connectivity index (χ1) is 13.1. The van der Waals surface area contributed by atoms with Gasteiger partial charge in [-0.05, 0) is 58.7 Å². The first-order valence-corrected chi connectivity index (χ1v) is 10.2. The maximum absolute atomic E-state index is 12.4. The zero-order valence-electron chi connectivity index (χ0n) is 16.5. The standard InChI is InChI=1S/C19H32N6O2/c1-3-9-14(2)27-18-22-16(20)15-17(23-18)25(19(26)21-15)13-8-7-12-24-10-5-4-6-11-24/h14H,3-13H2,1-2H3,(H,21,26)(H2,20,22,23). The summed E-state index contributed by atoms with van der Waals surface area (Å²) in [6, 6.07) is 0.238. The van der Waals surface area contributed by atoms with Crippen LogP contribution >= 0.6 is 0 Å². The number of unbranched alkanes of at least 4 members (excludes halogenated alkanes) is 1. The van der Waals surface area contributed by atoms with Crippen molar-refractivity contribution in [2.24, 2.45) is 0 Å². The maximum Gasteiger partial charge on any atom is 0.327 e. The zero-order valence-corrected chi connectivity index (χ0v) is 16.5. The average Bonchev–Trinajstić information content (AvgIpc) is 2.96. The van der Waals surface area contributed by atoms with E-state index in [-0.39, 0.29) is 23.6 Å². The van der Waals surface area contributed by atoms with Crippen LogP contribution in [0.5, 0.6) is 6.01 Å². The van der Waals surface area contributed by atoms with Crippen LogP contribution in [0.2, 0.25) is 0 Å². The van der Waals surface area contributed by atoms with E-state index in [1.54, 1.807) is 4.57 Å². The Morgan fingerprint density at radius 3 is 2.67 bits per heavy atom. The van der Waals surface area contributed by atoms with Crippen molar-refractivity contribution in [1.29, 1.82) is 0 Å². The molecule has 27 heavy (non-hydrogen) atoms. The average molecular weight is 377 g/mol. The molecule has 2 aromatic rings. The molecule has 0 aliphatic carbocycles. The molecule has 3 rings (SSSR count). The highest BCUT2D eigenvalue weighted by molar-refractivity contribution is 5.81. The van der Waals surface area contributed by atoms with Crippen LogP contribution in [0.15, 0.2) is 4.79 Å². The van der Waals surface area contributed by atoms with E-state index >= 15 is 0 Å². The fourth-order valence-electron chi connectivity index (χ4n) is 3.72. The summed E-state index contributed by atoms with van der Waals surface area (Å²) in [5.41, 5.74) is 6.85. The second-order valence-electron chi connectivity index (χ2n) is 7.50. The van der Waals surface area contributed by atoms with Crippen molar-refractivity contribution in [3.63, 3.8) is 0 Å². The van der Waals surface area contributed by atoms with Gasteiger partial charge in [-0.3, -0.25) is 4.57 Å². The molecule has 8 heteroatoms. The van der Waals surface area contributed by atoms with Crippen LogP contribution < -0.4 is 16.2 Å². The largest absolute Gasteiger partial charge is 0.460 e. The molecule has 8 nitrogen and oxygen atoms in total. The smallest absolute Gasteiger partial charge is 0.327 e. The highest BCUT2D eigenvalue weighted by atomic mass is 16.5. The monoisotopic (exact) mass is 376 g/mol. The molecule has 1 fully saturated rings. The number of piperidine rings is 1. The van der Waals surface area contributed by atoms with Crippen LogP contribution in [-0.4, -0.2) is 50.2 Å². The third kappa shape index (κ3) is 5.00. The normalized spacial score (nSPS) is 16.7. The Labute approximate surface area is 160 Å². The molecule has 0 aromatic carbocycles. The number of nitrogens with two attached hydrogens (primary N) is 1. The molecule has 2 aromatic heterocycles. The van der Waals surface area contributed by atoms with Gasteiger partial charge in [-0.15, -0.1) is 0 Å². The van der Waals surface area contributed by atoms with Crippen LogP contribution in [0.3, 0.4) is 0 Å². The van der Waals surface area contributed by atoms with Gasteiger partial charge >= 0.3 is 11.7 Å². The second-order valence-corrected chi connectivity index (χ2v) is 7.50. The molecule has 0 amide bonds. The Hall–Kier alpha value is -2.09. The fourth-order valence-corrected chi connectivity index (χ4v) is 3.72. The van der Waals surface area contributed by atoms with E-state index < -0.39 is 0 Å². The van der Waals surface area contributed by atoms with E-state index in [0.717, 1.165) is 32.2 Å². The minimum Gasteiger partial charge on any atom is -0.460 e. The molecule has 0 bridgehead atoms. The minimum atomic E-state index is -0.192. The van der Waals surface area contributed by atoms with Gasteiger partial charge in [0, 0.05) is 6.54 Å². The molecular formula is C19H32N6O2. The number of aryl methyl sites for hydroxylation is 1.